The van der Waals surface area contributed by atoms with Gasteiger partial charge in [0.05, 0.1) is 0 Å². The third-order valence-electron chi connectivity index (χ3n) is 0.722. The average molecular weight is 316 g/mol. The summed E-state index contributed by atoms with van der Waals surface area (Å²) in [5.41, 5.74) is 0. The highest BCUT2D eigenvalue weighted by molar-refractivity contribution is 7.85. The largest absolute Gasteiger partial charge is 0.226 e. The van der Waals surface area contributed by atoms with E-state index in [1.54, 1.807) is 0 Å². The molecule has 0 fully saturated rings. The summed E-state index contributed by atoms with van der Waals surface area (Å²) in [6.07, 6.45) is 0. The summed E-state index contributed by atoms with van der Waals surface area (Å²) in [7, 11) is 0. The van der Waals surface area contributed by atoms with E-state index in [0.29, 0.717) is 0 Å². The molecule has 0 N–H and O–H groups in total. The van der Waals surface area contributed by atoms with E-state index in [4.69, 9.17) is 81.2 Å². The highest BCUT2D eigenvalue weighted by Crippen LogP contribution is 2.57. The Kier molecular flexibility index (Phi) is 4.70. The predicted molar refractivity (Wildman–Crippen MR) is 56.8 cm³/mol. The van der Waals surface area contributed by atoms with E-state index in [1.165, 1.54) is 0 Å². The van der Waals surface area contributed by atoms with E-state index in [9.17, 15) is 0 Å². The predicted octanol–water partition coefficient (Wildman–Crippen LogP) is 4.86. The van der Waals surface area contributed by atoms with Crippen LogP contribution in [0, 0.1) is 0 Å². The molecule has 0 heterocycles. The highest BCUT2D eigenvalue weighted by Gasteiger charge is 2.58. The van der Waals surface area contributed by atoms with Gasteiger partial charge in [0.2, 0.25) is 11.8 Å². The Bertz CT molecular complexity index is 125. The maximum Gasteiger partial charge on any atom is 0.226 e. The van der Waals surface area contributed by atoms with E-state index in [0.717, 1.165) is 0 Å². The van der Waals surface area contributed by atoms with Crippen LogP contribution >= 0.6 is 93.8 Å². The molecule has 0 nitrogen and oxygen atoms in total. The van der Waals surface area contributed by atoms with Crippen molar-refractivity contribution in [2.45, 2.75) is 11.8 Å². The minimum absolute atomic E-state index is 1.96. The van der Waals surface area contributed by atoms with Crippen LogP contribution in [0.2, 0.25) is 0 Å². The maximum absolute atomic E-state index is 5.49. The van der Waals surface area contributed by atoms with Crippen LogP contribution in [-0.4, -0.2) is 11.8 Å². The monoisotopic (exact) mass is 313 g/mol. The molecule has 0 aliphatic rings. The summed E-state index contributed by atoms with van der Waals surface area (Å²) in [6, 6.07) is 0. The van der Waals surface area contributed by atoms with Crippen LogP contribution in [-0.2, 0) is 0 Å². The molecule has 0 aromatic heterocycles. The van der Waals surface area contributed by atoms with Crippen molar-refractivity contribution in [1.82, 2.24) is 0 Å². The molecule has 1 radical (unpaired) electrons. The van der Waals surface area contributed by atoms with E-state index in [1.807, 2.05) is 0 Å². The zero-order valence-corrected chi connectivity index (χ0v) is 10.7. The van der Waals surface area contributed by atoms with Crippen molar-refractivity contribution in [3.8, 4) is 0 Å². The summed E-state index contributed by atoms with van der Waals surface area (Å²) in [5, 5.41) is 0. The van der Waals surface area contributed by atoms with Crippen LogP contribution in [0.1, 0.15) is 0 Å². The van der Waals surface area contributed by atoms with E-state index in [2.05, 4.69) is 12.6 Å². The molecular formula is C3Cl7S. The molecule has 0 saturated heterocycles. The minimum atomic E-state index is -2.04. The van der Waals surface area contributed by atoms with Crippen molar-refractivity contribution in [3.63, 3.8) is 0 Å². The quantitative estimate of drug-likeness (QED) is 0.606. The van der Waals surface area contributed by atoms with Crippen molar-refractivity contribution >= 4 is 93.8 Å². The topological polar surface area (TPSA) is 0 Å². The molecule has 0 amide bonds. The van der Waals surface area contributed by atoms with Crippen LogP contribution in [0.5, 0.6) is 0 Å². The normalized spacial score (nSPS) is 15.3. The zero-order valence-electron chi connectivity index (χ0n) is 4.55. The molecule has 0 unspecified atom stereocenters. The van der Waals surface area contributed by atoms with Gasteiger partial charge in [-0.2, -0.15) is 0 Å². The van der Waals surface area contributed by atoms with Crippen molar-refractivity contribution in [1.29, 1.82) is 0 Å². The third-order valence-corrected chi connectivity index (χ3v) is 4.77. The van der Waals surface area contributed by atoms with Crippen molar-refractivity contribution in [2.24, 2.45) is 0 Å². The number of hydrogen-bond acceptors (Lipinski definition) is 0. The van der Waals surface area contributed by atoms with Crippen molar-refractivity contribution in [2.75, 3.05) is 0 Å². The van der Waals surface area contributed by atoms with Crippen LogP contribution in [0.3, 0.4) is 0 Å². The van der Waals surface area contributed by atoms with Gasteiger partial charge in [-0.25, -0.2) is 0 Å². The lowest BCUT2D eigenvalue weighted by Crippen LogP contribution is -2.43. The molecule has 0 saturated carbocycles. The fraction of sp³-hybridized carbons (Fsp3) is 1.00. The van der Waals surface area contributed by atoms with Crippen LogP contribution in [0.15, 0.2) is 0 Å². The standard InChI is InChI=1S/C3Cl7S/c4-1(5,2(6,7)8)3(9,10)11. The SMILES string of the molecule is [S]C(Cl)(Cl)C(Cl)(Cl)C(Cl)(Cl)Cl. The van der Waals surface area contributed by atoms with Crippen LogP contribution < -0.4 is 0 Å². The van der Waals surface area contributed by atoms with Gasteiger partial charge in [0.1, 0.15) is 0 Å². The molecule has 0 rings (SSSR count). The Morgan fingerprint density at radius 1 is 0.727 bits per heavy atom. The summed E-state index contributed by atoms with van der Waals surface area (Å²) in [4.78, 5) is 0. The van der Waals surface area contributed by atoms with Gasteiger partial charge in [0, 0.05) is 0 Å². The average Bonchev–Trinajstić information content (AvgIpc) is 1.58. The molecular weight excluding hydrogens is 316 g/mol. The molecule has 11 heavy (non-hydrogen) atoms. The molecule has 0 aromatic rings. The smallest absolute Gasteiger partial charge is 0.0924 e. The lowest BCUT2D eigenvalue weighted by molar-refractivity contribution is 0.830. The van der Waals surface area contributed by atoms with Crippen LogP contribution in [0.25, 0.3) is 0 Å². The maximum atomic E-state index is 5.49. The second kappa shape index (κ2) is 3.86. The fourth-order valence-electron chi connectivity index (χ4n) is 0.165. The Morgan fingerprint density at radius 2 is 1.00 bits per heavy atom. The van der Waals surface area contributed by atoms with Gasteiger partial charge in [0.15, 0.2) is 0 Å². The molecule has 0 atom stereocenters. The van der Waals surface area contributed by atoms with E-state index in [-0.39, 0.29) is 0 Å². The van der Waals surface area contributed by atoms with Gasteiger partial charge in [-0.1, -0.05) is 81.2 Å². The Hall–Kier alpha value is 2.38. The summed E-state index contributed by atoms with van der Waals surface area (Å²) >= 11 is 42.2. The molecule has 0 aliphatic heterocycles. The highest BCUT2D eigenvalue weighted by atomic mass is 35.6. The molecule has 0 aliphatic carbocycles. The molecule has 0 bridgehead atoms. The summed E-state index contributed by atoms with van der Waals surface area (Å²) in [6.45, 7) is 0. The number of rotatable bonds is 1. The zero-order chi connectivity index (χ0) is 9.50. The molecule has 0 aromatic carbocycles. The lowest BCUT2D eigenvalue weighted by Gasteiger charge is -2.33. The van der Waals surface area contributed by atoms with Gasteiger partial charge in [-0.15, -0.1) is 0 Å². The van der Waals surface area contributed by atoms with Gasteiger partial charge in [0.25, 0.3) is 0 Å². The second-order valence-electron chi connectivity index (χ2n) is 1.59. The third kappa shape index (κ3) is 3.21. The van der Waals surface area contributed by atoms with Crippen LogP contribution in [0.4, 0.5) is 0 Å². The van der Waals surface area contributed by atoms with Gasteiger partial charge in [-0.3, -0.25) is 0 Å². The summed E-state index contributed by atoms with van der Waals surface area (Å²) < 4.78 is -6.04. The van der Waals surface area contributed by atoms with E-state index >= 15 is 0 Å². The van der Waals surface area contributed by atoms with Gasteiger partial charge in [-0.05, 0) is 12.6 Å². The Balaban J connectivity index is 4.75. The molecule has 8 heteroatoms. The Labute approximate surface area is 105 Å². The first-order chi connectivity index (χ1) is 4.50. The van der Waals surface area contributed by atoms with Gasteiger partial charge >= 0.3 is 0 Å². The van der Waals surface area contributed by atoms with Gasteiger partial charge < -0.3 is 0 Å². The second-order valence-corrected chi connectivity index (χ2v) is 7.59. The first-order valence-corrected chi connectivity index (χ1v) is 5.08. The summed E-state index contributed by atoms with van der Waals surface area (Å²) in [5.74, 6) is 0. The number of halogens is 7. The first kappa shape index (κ1) is 13.4. The van der Waals surface area contributed by atoms with E-state index < -0.39 is 11.8 Å². The Morgan fingerprint density at radius 3 is 1.00 bits per heavy atom. The molecule has 0 spiro atoms. The fourth-order valence-corrected chi connectivity index (χ4v) is 1.49. The van der Waals surface area contributed by atoms with Crippen molar-refractivity contribution < 1.29 is 0 Å². The number of hydrogen-bond donors (Lipinski definition) is 0. The first-order valence-electron chi connectivity index (χ1n) is 2.03. The number of alkyl halides is 7. The minimum Gasteiger partial charge on any atom is -0.0924 e. The molecule has 67 valence electrons. The lowest BCUT2D eigenvalue weighted by atomic mass is 10.5. The van der Waals surface area contributed by atoms with Crippen molar-refractivity contribution in [3.05, 3.63) is 0 Å².